The highest BCUT2D eigenvalue weighted by Gasteiger charge is 2.39. The van der Waals surface area contributed by atoms with E-state index in [1.807, 2.05) is 80.6 Å². The normalized spacial score (nSPS) is 16.4. The summed E-state index contributed by atoms with van der Waals surface area (Å²) < 4.78 is 0. The van der Waals surface area contributed by atoms with Crippen molar-refractivity contribution in [3.63, 3.8) is 0 Å². The lowest BCUT2D eigenvalue weighted by atomic mass is 10.0. The van der Waals surface area contributed by atoms with Gasteiger partial charge in [-0.2, -0.15) is 0 Å². The third kappa shape index (κ3) is 4.84. The summed E-state index contributed by atoms with van der Waals surface area (Å²) in [5, 5.41) is 3.06. The zero-order valence-electron chi connectivity index (χ0n) is 18.0. The number of carbonyl (C=O) groups is 2. The van der Waals surface area contributed by atoms with Crippen LogP contribution >= 0.6 is 23.4 Å². The topological polar surface area (TPSA) is 49.4 Å². The Hall–Kier alpha value is -2.76. The van der Waals surface area contributed by atoms with E-state index < -0.39 is 11.2 Å². The first-order valence-electron chi connectivity index (χ1n) is 10.6. The minimum absolute atomic E-state index is 0.0466. The van der Waals surface area contributed by atoms with E-state index in [-0.39, 0.29) is 11.8 Å². The average molecular weight is 465 g/mol. The first kappa shape index (κ1) is 22.4. The van der Waals surface area contributed by atoms with Crippen molar-refractivity contribution in [3.05, 3.63) is 94.5 Å². The molecule has 1 aliphatic rings. The highest BCUT2D eigenvalue weighted by molar-refractivity contribution is 8.01. The van der Waals surface area contributed by atoms with Crippen molar-refractivity contribution in [2.75, 3.05) is 4.90 Å². The summed E-state index contributed by atoms with van der Waals surface area (Å²) in [5.74, 6) is -0.705. The van der Waals surface area contributed by atoms with Gasteiger partial charge >= 0.3 is 0 Å². The van der Waals surface area contributed by atoms with E-state index in [2.05, 4.69) is 5.32 Å². The number of hydrogen-bond acceptors (Lipinski definition) is 3. The lowest BCUT2D eigenvalue weighted by Crippen LogP contribution is -2.47. The molecule has 0 radical (unpaired) electrons. The van der Waals surface area contributed by atoms with E-state index in [9.17, 15) is 9.59 Å². The van der Waals surface area contributed by atoms with Crippen molar-refractivity contribution in [2.24, 2.45) is 5.92 Å². The molecule has 0 bridgehead atoms. The Morgan fingerprint density at radius 1 is 1.06 bits per heavy atom. The van der Waals surface area contributed by atoms with Crippen molar-refractivity contribution in [1.82, 2.24) is 5.32 Å². The molecule has 0 spiro atoms. The summed E-state index contributed by atoms with van der Waals surface area (Å²) in [4.78, 5) is 29.3. The van der Waals surface area contributed by atoms with Crippen molar-refractivity contribution < 1.29 is 9.59 Å². The van der Waals surface area contributed by atoms with E-state index in [4.69, 9.17) is 11.6 Å². The maximum absolute atomic E-state index is 13.5. The van der Waals surface area contributed by atoms with Crippen LogP contribution < -0.4 is 10.2 Å². The number of rotatable bonds is 6. The Morgan fingerprint density at radius 3 is 2.50 bits per heavy atom. The van der Waals surface area contributed by atoms with E-state index in [1.54, 1.807) is 11.0 Å². The van der Waals surface area contributed by atoms with Crippen LogP contribution in [0, 0.1) is 12.8 Å². The minimum Gasteiger partial charge on any atom is -0.352 e. The lowest BCUT2D eigenvalue weighted by Gasteiger charge is -2.35. The number of fused-ring (bicyclic) bond motifs is 1. The molecule has 6 heteroatoms. The summed E-state index contributed by atoms with van der Waals surface area (Å²) in [6, 6.07) is 23.5. The quantitative estimate of drug-likeness (QED) is 0.516. The highest BCUT2D eigenvalue weighted by atomic mass is 35.5. The molecule has 0 aromatic heterocycles. The van der Waals surface area contributed by atoms with Crippen LogP contribution in [-0.4, -0.2) is 17.1 Å². The summed E-state index contributed by atoms with van der Waals surface area (Å²) in [6.45, 7) is 4.66. The van der Waals surface area contributed by atoms with Crippen LogP contribution in [0.25, 0.3) is 0 Å². The van der Waals surface area contributed by atoms with Gasteiger partial charge in [0.15, 0.2) is 0 Å². The van der Waals surface area contributed by atoms with Gasteiger partial charge in [-0.05, 0) is 36.2 Å². The molecule has 2 atom stereocenters. The van der Waals surface area contributed by atoms with Crippen LogP contribution in [0.5, 0.6) is 0 Å². The molecule has 0 saturated heterocycles. The molecule has 4 nitrogen and oxygen atoms in total. The van der Waals surface area contributed by atoms with Gasteiger partial charge in [0.1, 0.15) is 5.25 Å². The van der Waals surface area contributed by atoms with Crippen LogP contribution in [-0.2, 0) is 22.7 Å². The lowest BCUT2D eigenvalue weighted by molar-refractivity contribution is -0.128. The molecule has 3 aromatic rings. The number of nitrogens with zero attached hydrogens (tertiary/aromatic N) is 1. The molecular weight excluding hydrogens is 440 g/mol. The van der Waals surface area contributed by atoms with Crippen molar-refractivity contribution in [3.8, 4) is 0 Å². The average Bonchev–Trinajstić information content (AvgIpc) is 2.81. The van der Waals surface area contributed by atoms with Crippen LogP contribution in [0.2, 0.25) is 5.02 Å². The number of para-hydroxylation sites is 1. The maximum Gasteiger partial charge on any atom is 0.241 e. The number of halogens is 1. The molecular formula is C26H25ClN2O2S. The fourth-order valence-electron chi connectivity index (χ4n) is 3.72. The predicted molar refractivity (Wildman–Crippen MR) is 131 cm³/mol. The second kappa shape index (κ2) is 9.80. The highest BCUT2D eigenvalue weighted by Crippen LogP contribution is 2.42. The van der Waals surface area contributed by atoms with Crippen molar-refractivity contribution in [2.45, 2.75) is 37.1 Å². The zero-order valence-corrected chi connectivity index (χ0v) is 19.6. The number of benzene rings is 3. The fourth-order valence-corrected chi connectivity index (χ4v) is 5.20. The van der Waals surface area contributed by atoms with Crippen molar-refractivity contribution >= 4 is 40.9 Å². The molecule has 4 rings (SSSR count). The molecule has 1 aliphatic heterocycles. The Balaban J connectivity index is 1.53. The standard InChI is InChI=1S/C26H25ClN2O2S/c1-17-11-13-19(14-12-17)16-29-22-9-5-6-10-23(22)32-24(26(29)31)18(2)25(30)28-15-20-7-3-4-8-21(20)27/h3-14,18,24H,15-16H2,1-2H3,(H,28,30)/t18-,24-/m0/s1. The Morgan fingerprint density at radius 2 is 1.75 bits per heavy atom. The van der Waals surface area contributed by atoms with Crippen LogP contribution in [0.4, 0.5) is 5.69 Å². The van der Waals surface area contributed by atoms with Gasteiger partial charge in [0, 0.05) is 16.5 Å². The molecule has 0 aliphatic carbocycles. The molecule has 0 unspecified atom stereocenters. The summed E-state index contributed by atoms with van der Waals surface area (Å²) in [5.41, 5.74) is 3.98. The molecule has 3 aromatic carbocycles. The summed E-state index contributed by atoms with van der Waals surface area (Å²) in [6.07, 6.45) is 0. The largest absolute Gasteiger partial charge is 0.352 e. The predicted octanol–water partition coefficient (Wildman–Crippen LogP) is 5.61. The van der Waals surface area contributed by atoms with E-state index in [1.165, 1.54) is 17.3 Å². The number of nitrogens with one attached hydrogen (secondary N) is 1. The fraction of sp³-hybridized carbons (Fsp3) is 0.231. The maximum atomic E-state index is 13.5. The minimum atomic E-state index is -0.499. The van der Waals surface area contributed by atoms with Gasteiger partial charge < -0.3 is 10.2 Å². The molecule has 2 amide bonds. The number of carbonyl (C=O) groups excluding carboxylic acids is 2. The first-order chi connectivity index (χ1) is 15.4. The van der Waals surface area contributed by atoms with Gasteiger partial charge in [0.25, 0.3) is 0 Å². The molecule has 0 saturated carbocycles. The van der Waals surface area contributed by atoms with Crippen LogP contribution in [0.15, 0.2) is 77.7 Å². The smallest absolute Gasteiger partial charge is 0.241 e. The summed E-state index contributed by atoms with van der Waals surface area (Å²) in [7, 11) is 0. The molecule has 32 heavy (non-hydrogen) atoms. The third-order valence-corrected chi connectivity index (χ3v) is 7.49. The van der Waals surface area contributed by atoms with Crippen LogP contribution in [0.1, 0.15) is 23.6 Å². The number of aryl methyl sites for hydroxylation is 1. The van der Waals surface area contributed by atoms with E-state index in [0.29, 0.717) is 18.1 Å². The van der Waals surface area contributed by atoms with Gasteiger partial charge in [-0.25, -0.2) is 0 Å². The van der Waals surface area contributed by atoms with Crippen molar-refractivity contribution in [1.29, 1.82) is 0 Å². The number of anilines is 1. The number of thioether (sulfide) groups is 1. The second-order valence-corrected chi connectivity index (χ2v) is 9.60. The molecule has 1 N–H and O–H groups in total. The SMILES string of the molecule is Cc1ccc(CN2C(=O)[C@H]([C@H](C)C(=O)NCc3ccccc3Cl)Sc3ccccc32)cc1. The van der Waals surface area contributed by atoms with E-state index >= 15 is 0 Å². The Bertz CT molecular complexity index is 1130. The number of amides is 2. The molecule has 1 heterocycles. The van der Waals surface area contributed by atoms with Gasteiger partial charge in [-0.15, -0.1) is 11.8 Å². The van der Waals surface area contributed by atoms with Gasteiger partial charge in [0.2, 0.25) is 11.8 Å². The van der Waals surface area contributed by atoms with Gasteiger partial charge in [-0.1, -0.05) is 78.7 Å². The third-order valence-electron chi connectivity index (χ3n) is 5.66. The second-order valence-electron chi connectivity index (χ2n) is 8.01. The Kier molecular flexibility index (Phi) is 6.87. The number of hydrogen-bond donors (Lipinski definition) is 1. The van der Waals surface area contributed by atoms with Crippen LogP contribution in [0.3, 0.4) is 0 Å². The Labute approximate surface area is 198 Å². The van der Waals surface area contributed by atoms with E-state index in [0.717, 1.165) is 21.7 Å². The molecule has 0 fully saturated rings. The molecule has 164 valence electrons. The van der Waals surface area contributed by atoms with Gasteiger partial charge in [0.05, 0.1) is 18.2 Å². The first-order valence-corrected chi connectivity index (χ1v) is 11.8. The summed E-state index contributed by atoms with van der Waals surface area (Å²) >= 11 is 7.67. The zero-order chi connectivity index (χ0) is 22.7. The van der Waals surface area contributed by atoms with Gasteiger partial charge in [-0.3, -0.25) is 9.59 Å². The monoisotopic (exact) mass is 464 g/mol.